The van der Waals surface area contributed by atoms with E-state index in [9.17, 15) is 4.39 Å². The highest BCUT2D eigenvalue weighted by atomic mass is 19.1. The van der Waals surface area contributed by atoms with Crippen LogP contribution in [-0.2, 0) is 0 Å². The zero-order valence-corrected chi connectivity index (χ0v) is 7.37. The van der Waals surface area contributed by atoms with Crippen molar-refractivity contribution < 1.29 is 9.50 Å². The lowest BCUT2D eigenvalue weighted by molar-refractivity contribution is 0.164. The summed E-state index contributed by atoms with van der Waals surface area (Å²) in [6, 6.07) is 3.71. The van der Waals surface area contributed by atoms with Crippen molar-refractivity contribution in [3.8, 4) is 0 Å². The van der Waals surface area contributed by atoms with Crippen molar-refractivity contribution in [1.82, 2.24) is 0 Å². The molecule has 3 nitrogen and oxygen atoms in total. The fraction of sp³-hybridized carbons (Fsp3) is 0.333. The highest BCUT2D eigenvalue weighted by Crippen LogP contribution is 2.18. The molecule has 1 aromatic rings. The molecule has 0 heterocycles. The fourth-order valence-electron chi connectivity index (χ4n) is 1.03. The fourth-order valence-corrected chi connectivity index (χ4v) is 1.03. The topological polar surface area (TPSA) is 72.3 Å². The van der Waals surface area contributed by atoms with Crippen LogP contribution in [0.3, 0.4) is 0 Å². The standard InChI is InChI=1S/C9H13FN2O/c1-5(13)9(12)6-2-3-8(11)7(10)4-6/h2-5,9,13H,11-12H2,1H3/t5-,9-/m0/s1. The second-order valence-electron chi connectivity index (χ2n) is 3.05. The summed E-state index contributed by atoms with van der Waals surface area (Å²) in [7, 11) is 0. The molecule has 0 aliphatic carbocycles. The minimum Gasteiger partial charge on any atom is -0.396 e. The number of nitrogen functional groups attached to an aromatic ring is 1. The van der Waals surface area contributed by atoms with Crippen LogP contribution in [0.2, 0.25) is 0 Å². The molecule has 1 aromatic carbocycles. The molecular weight excluding hydrogens is 171 g/mol. The lowest BCUT2D eigenvalue weighted by Crippen LogP contribution is -2.23. The van der Waals surface area contributed by atoms with Crippen LogP contribution in [0, 0.1) is 5.82 Å². The van der Waals surface area contributed by atoms with Crippen molar-refractivity contribution in [2.24, 2.45) is 5.73 Å². The second kappa shape index (κ2) is 3.72. The van der Waals surface area contributed by atoms with Gasteiger partial charge in [0.15, 0.2) is 0 Å². The molecule has 72 valence electrons. The summed E-state index contributed by atoms with van der Waals surface area (Å²) in [4.78, 5) is 0. The third kappa shape index (κ3) is 2.17. The van der Waals surface area contributed by atoms with Crippen molar-refractivity contribution in [2.45, 2.75) is 19.1 Å². The van der Waals surface area contributed by atoms with E-state index in [2.05, 4.69) is 0 Å². The van der Waals surface area contributed by atoms with Gasteiger partial charge in [0.05, 0.1) is 17.8 Å². The van der Waals surface area contributed by atoms with Gasteiger partial charge in [0.25, 0.3) is 0 Å². The first-order valence-electron chi connectivity index (χ1n) is 4.01. The van der Waals surface area contributed by atoms with Crippen LogP contribution in [0.25, 0.3) is 0 Å². The summed E-state index contributed by atoms with van der Waals surface area (Å²) in [6.45, 7) is 1.55. The van der Waals surface area contributed by atoms with E-state index in [-0.39, 0.29) is 5.69 Å². The van der Waals surface area contributed by atoms with Gasteiger partial charge < -0.3 is 16.6 Å². The first-order valence-corrected chi connectivity index (χ1v) is 4.01. The van der Waals surface area contributed by atoms with Crippen molar-refractivity contribution in [1.29, 1.82) is 0 Å². The summed E-state index contributed by atoms with van der Waals surface area (Å²) in [5.41, 5.74) is 11.5. The van der Waals surface area contributed by atoms with Crippen LogP contribution >= 0.6 is 0 Å². The van der Waals surface area contributed by atoms with E-state index >= 15 is 0 Å². The smallest absolute Gasteiger partial charge is 0.146 e. The summed E-state index contributed by atoms with van der Waals surface area (Å²) in [6.07, 6.45) is -0.706. The van der Waals surface area contributed by atoms with Crippen LogP contribution < -0.4 is 11.5 Å². The Morgan fingerprint density at radius 2 is 2.08 bits per heavy atom. The van der Waals surface area contributed by atoms with Gasteiger partial charge in [-0.05, 0) is 24.6 Å². The number of aliphatic hydroxyl groups is 1. The van der Waals surface area contributed by atoms with Gasteiger partial charge >= 0.3 is 0 Å². The molecule has 4 heteroatoms. The average Bonchev–Trinajstić information content (AvgIpc) is 2.08. The Bertz CT molecular complexity index is 302. The lowest BCUT2D eigenvalue weighted by atomic mass is 10.0. The monoisotopic (exact) mass is 184 g/mol. The predicted octanol–water partition coefficient (Wildman–Crippen LogP) is 0.789. The van der Waals surface area contributed by atoms with Crippen molar-refractivity contribution in [2.75, 3.05) is 5.73 Å². The molecule has 5 N–H and O–H groups in total. The van der Waals surface area contributed by atoms with Crippen LogP contribution in [0.1, 0.15) is 18.5 Å². The molecule has 0 saturated heterocycles. The average molecular weight is 184 g/mol. The summed E-state index contributed by atoms with van der Waals surface area (Å²) < 4.78 is 12.9. The number of anilines is 1. The third-order valence-corrected chi connectivity index (χ3v) is 1.93. The first-order chi connectivity index (χ1) is 6.02. The van der Waals surface area contributed by atoms with E-state index < -0.39 is 18.0 Å². The largest absolute Gasteiger partial charge is 0.396 e. The number of hydrogen-bond donors (Lipinski definition) is 3. The summed E-state index contributed by atoms with van der Waals surface area (Å²) >= 11 is 0. The molecular formula is C9H13FN2O. The molecule has 1 rings (SSSR count). The van der Waals surface area contributed by atoms with Gasteiger partial charge in [-0.15, -0.1) is 0 Å². The Kier molecular flexibility index (Phi) is 2.85. The number of nitrogens with two attached hydrogens (primary N) is 2. The summed E-state index contributed by atoms with van der Waals surface area (Å²) in [5.74, 6) is -0.506. The molecule has 0 spiro atoms. The zero-order chi connectivity index (χ0) is 10.0. The molecule has 0 bridgehead atoms. The van der Waals surface area contributed by atoms with Crippen LogP contribution in [0.5, 0.6) is 0 Å². The maximum absolute atomic E-state index is 12.9. The minimum atomic E-state index is -0.706. The molecule has 0 aliphatic rings. The Morgan fingerprint density at radius 3 is 2.54 bits per heavy atom. The number of aliphatic hydroxyl groups excluding tert-OH is 1. The first kappa shape index (κ1) is 9.95. The van der Waals surface area contributed by atoms with E-state index in [4.69, 9.17) is 16.6 Å². The van der Waals surface area contributed by atoms with Crippen LogP contribution in [0.15, 0.2) is 18.2 Å². The Labute approximate surface area is 76.2 Å². The quantitative estimate of drug-likeness (QED) is 0.595. The highest BCUT2D eigenvalue weighted by Gasteiger charge is 2.12. The van der Waals surface area contributed by atoms with Crippen LogP contribution in [0.4, 0.5) is 10.1 Å². The van der Waals surface area contributed by atoms with Gasteiger partial charge in [-0.1, -0.05) is 6.07 Å². The number of hydrogen-bond acceptors (Lipinski definition) is 3. The predicted molar refractivity (Wildman–Crippen MR) is 49.4 cm³/mol. The van der Waals surface area contributed by atoms with E-state index in [1.54, 1.807) is 13.0 Å². The van der Waals surface area contributed by atoms with Crippen molar-refractivity contribution in [3.63, 3.8) is 0 Å². The van der Waals surface area contributed by atoms with E-state index in [0.29, 0.717) is 5.56 Å². The summed E-state index contributed by atoms with van der Waals surface area (Å²) in [5, 5.41) is 9.16. The van der Waals surface area contributed by atoms with Crippen LogP contribution in [-0.4, -0.2) is 11.2 Å². The molecule has 0 radical (unpaired) electrons. The van der Waals surface area contributed by atoms with E-state index in [0.717, 1.165) is 0 Å². The number of benzene rings is 1. The molecule has 13 heavy (non-hydrogen) atoms. The number of rotatable bonds is 2. The van der Waals surface area contributed by atoms with E-state index in [1.807, 2.05) is 0 Å². The Hall–Kier alpha value is -1.13. The van der Waals surface area contributed by atoms with Crippen molar-refractivity contribution in [3.05, 3.63) is 29.6 Å². The second-order valence-corrected chi connectivity index (χ2v) is 3.05. The SMILES string of the molecule is C[C@H](O)[C@H](N)c1ccc(N)c(F)c1. The van der Waals surface area contributed by atoms with Gasteiger partial charge in [0, 0.05) is 0 Å². The number of halogens is 1. The maximum Gasteiger partial charge on any atom is 0.146 e. The van der Waals surface area contributed by atoms with E-state index in [1.165, 1.54) is 12.1 Å². The Balaban J connectivity index is 2.97. The Morgan fingerprint density at radius 1 is 1.46 bits per heavy atom. The molecule has 0 aromatic heterocycles. The third-order valence-electron chi connectivity index (χ3n) is 1.93. The zero-order valence-electron chi connectivity index (χ0n) is 7.37. The van der Waals surface area contributed by atoms with Crippen molar-refractivity contribution >= 4 is 5.69 Å². The molecule has 0 unspecified atom stereocenters. The van der Waals surface area contributed by atoms with Gasteiger partial charge in [-0.25, -0.2) is 4.39 Å². The normalized spacial score (nSPS) is 15.4. The van der Waals surface area contributed by atoms with Gasteiger partial charge in [-0.2, -0.15) is 0 Å². The van der Waals surface area contributed by atoms with Gasteiger partial charge in [0.2, 0.25) is 0 Å². The maximum atomic E-state index is 12.9. The molecule has 0 aliphatic heterocycles. The minimum absolute atomic E-state index is 0.0848. The molecule has 0 amide bonds. The molecule has 0 saturated carbocycles. The lowest BCUT2D eigenvalue weighted by Gasteiger charge is -2.15. The van der Waals surface area contributed by atoms with Gasteiger partial charge in [0.1, 0.15) is 5.82 Å². The molecule has 0 fully saturated rings. The highest BCUT2D eigenvalue weighted by molar-refractivity contribution is 5.42. The van der Waals surface area contributed by atoms with Gasteiger partial charge in [-0.3, -0.25) is 0 Å². The molecule has 2 atom stereocenters.